The van der Waals surface area contributed by atoms with Gasteiger partial charge in [-0.25, -0.2) is 0 Å². The second-order valence-electron chi connectivity index (χ2n) is 5.43. The first-order chi connectivity index (χ1) is 9.18. The number of hydrogen-bond acceptors (Lipinski definition) is 1. The van der Waals surface area contributed by atoms with Gasteiger partial charge < -0.3 is 5.32 Å². The van der Waals surface area contributed by atoms with E-state index in [1.54, 1.807) is 0 Å². The van der Waals surface area contributed by atoms with Crippen LogP contribution in [0, 0.1) is 6.92 Å². The number of amides is 1. The Morgan fingerprint density at radius 2 is 1.79 bits per heavy atom. The molecule has 1 aliphatic carbocycles. The Labute approximate surface area is 124 Å². The van der Waals surface area contributed by atoms with Gasteiger partial charge in [0.2, 0.25) is 0 Å². The summed E-state index contributed by atoms with van der Waals surface area (Å²) in [6.45, 7) is 1.98. The molecule has 0 radical (unpaired) electrons. The molecule has 0 bridgehead atoms. The molecule has 0 spiro atoms. The van der Waals surface area contributed by atoms with Gasteiger partial charge in [0.15, 0.2) is 0 Å². The molecule has 1 amide bonds. The highest BCUT2D eigenvalue weighted by molar-refractivity contribution is 9.10. The molecule has 1 N–H and O–H groups in total. The molecule has 1 saturated carbocycles. The van der Waals surface area contributed by atoms with Crippen molar-refractivity contribution >= 4 is 21.8 Å². The van der Waals surface area contributed by atoms with Gasteiger partial charge in [-0.05, 0) is 37.5 Å². The third-order valence-electron chi connectivity index (χ3n) is 3.95. The van der Waals surface area contributed by atoms with Crippen molar-refractivity contribution < 1.29 is 4.79 Å². The van der Waals surface area contributed by atoms with E-state index >= 15 is 0 Å². The molecular formula is C16H22BrNO. The first-order valence-corrected chi connectivity index (χ1v) is 8.04. The van der Waals surface area contributed by atoms with Gasteiger partial charge in [0.25, 0.3) is 5.91 Å². The lowest BCUT2D eigenvalue weighted by molar-refractivity contribution is 0.0930. The minimum absolute atomic E-state index is 0.0735. The Bertz CT molecular complexity index is 436. The summed E-state index contributed by atoms with van der Waals surface area (Å²) in [5, 5.41) is 3.21. The van der Waals surface area contributed by atoms with E-state index in [0.717, 1.165) is 28.4 Å². The molecule has 0 aliphatic heterocycles. The molecule has 1 aliphatic rings. The van der Waals surface area contributed by atoms with Gasteiger partial charge in [0.05, 0.1) is 0 Å². The predicted octanol–water partition coefficient (Wildman–Crippen LogP) is 4.60. The number of carbonyl (C=O) groups is 1. The fourth-order valence-corrected chi connectivity index (χ4v) is 3.08. The normalized spacial score (nSPS) is 17.6. The van der Waals surface area contributed by atoms with Crippen LogP contribution in [0.4, 0.5) is 0 Å². The highest BCUT2D eigenvalue weighted by atomic mass is 79.9. The van der Waals surface area contributed by atoms with Gasteiger partial charge in [0.1, 0.15) is 0 Å². The quantitative estimate of drug-likeness (QED) is 0.846. The van der Waals surface area contributed by atoms with Crippen LogP contribution in [0.25, 0.3) is 0 Å². The Hall–Kier alpha value is -0.830. The summed E-state index contributed by atoms with van der Waals surface area (Å²) in [5.74, 6) is 0.0735. The molecule has 1 aromatic rings. The zero-order valence-corrected chi connectivity index (χ0v) is 13.1. The average molecular weight is 324 g/mol. The van der Waals surface area contributed by atoms with E-state index in [2.05, 4.69) is 21.2 Å². The Kier molecular flexibility index (Phi) is 5.44. The van der Waals surface area contributed by atoms with Crippen LogP contribution in [-0.2, 0) is 0 Å². The molecule has 0 aromatic heterocycles. The van der Waals surface area contributed by atoms with Crippen LogP contribution in [0.2, 0.25) is 0 Å². The lowest BCUT2D eigenvalue weighted by Crippen LogP contribution is -2.35. The third-order valence-corrected chi connectivity index (χ3v) is 4.81. The van der Waals surface area contributed by atoms with E-state index in [1.165, 1.54) is 32.1 Å². The van der Waals surface area contributed by atoms with Crippen molar-refractivity contribution in [3.8, 4) is 0 Å². The predicted molar refractivity (Wildman–Crippen MR) is 82.5 cm³/mol. The highest BCUT2D eigenvalue weighted by Crippen LogP contribution is 2.21. The van der Waals surface area contributed by atoms with E-state index < -0.39 is 0 Å². The molecule has 3 heteroatoms. The topological polar surface area (TPSA) is 29.1 Å². The third kappa shape index (κ3) is 4.07. The Morgan fingerprint density at radius 3 is 2.47 bits per heavy atom. The maximum Gasteiger partial charge on any atom is 0.251 e. The number of halogens is 1. The first kappa shape index (κ1) is 14.6. The van der Waals surface area contributed by atoms with Gasteiger partial charge in [-0.15, -0.1) is 0 Å². The summed E-state index contributed by atoms with van der Waals surface area (Å²) in [6, 6.07) is 6.15. The van der Waals surface area contributed by atoms with Crippen LogP contribution in [0.15, 0.2) is 22.7 Å². The first-order valence-electron chi connectivity index (χ1n) is 7.24. The van der Waals surface area contributed by atoms with Gasteiger partial charge in [-0.1, -0.05) is 54.1 Å². The molecule has 2 rings (SSSR count). The highest BCUT2D eigenvalue weighted by Gasteiger charge is 2.16. The summed E-state index contributed by atoms with van der Waals surface area (Å²) < 4.78 is 0.998. The fourth-order valence-electron chi connectivity index (χ4n) is 2.72. The van der Waals surface area contributed by atoms with E-state index in [9.17, 15) is 4.79 Å². The second-order valence-corrected chi connectivity index (χ2v) is 6.28. The van der Waals surface area contributed by atoms with Crippen molar-refractivity contribution in [1.29, 1.82) is 0 Å². The van der Waals surface area contributed by atoms with Crippen molar-refractivity contribution in [2.75, 3.05) is 0 Å². The van der Waals surface area contributed by atoms with E-state index in [4.69, 9.17) is 0 Å². The summed E-state index contributed by atoms with van der Waals surface area (Å²) in [5.41, 5.74) is 1.81. The smallest absolute Gasteiger partial charge is 0.251 e. The zero-order chi connectivity index (χ0) is 13.7. The molecule has 19 heavy (non-hydrogen) atoms. The van der Waals surface area contributed by atoms with Crippen LogP contribution < -0.4 is 5.32 Å². The zero-order valence-electron chi connectivity index (χ0n) is 11.5. The van der Waals surface area contributed by atoms with Crippen molar-refractivity contribution in [2.45, 2.75) is 57.9 Å². The van der Waals surface area contributed by atoms with E-state index in [1.807, 2.05) is 25.1 Å². The molecule has 0 atom stereocenters. The van der Waals surface area contributed by atoms with Gasteiger partial charge >= 0.3 is 0 Å². The van der Waals surface area contributed by atoms with Crippen LogP contribution >= 0.6 is 15.9 Å². The standard InChI is InChI=1S/C16H22BrNO/c1-12-14(10-7-11-15(12)17)16(19)18-13-8-5-3-2-4-6-9-13/h7,10-11,13H,2-6,8-9H2,1H3,(H,18,19). The SMILES string of the molecule is Cc1c(Br)cccc1C(=O)NC1CCCCCCC1. The molecule has 2 nitrogen and oxygen atoms in total. The number of benzene rings is 1. The molecule has 1 fully saturated rings. The van der Waals surface area contributed by atoms with E-state index in [-0.39, 0.29) is 5.91 Å². The number of hydrogen-bond donors (Lipinski definition) is 1. The molecule has 104 valence electrons. The Morgan fingerprint density at radius 1 is 1.16 bits per heavy atom. The summed E-state index contributed by atoms with van der Waals surface area (Å²) in [4.78, 5) is 12.4. The summed E-state index contributed by atoms with van der Waals surface area (Å²) >= 11 is 3.48. The second kappa shape index (κ2) is 7.09. The molecule has 0 unspecified atom stereocenters. The van der Waals surface area contributed by atoms with Crippen molar-refractivity contribution in [1.82, 2.24) is 5.32 Å². The number of rotatable bonds is 2. The molecule has 0 heterocycles. The van der Waals surface area contributed by atoms with Crippen molar-refractivity contribution in [3.63, 3.8) is 0 Å². The molecule has 0 saturated heterocycles. The lowest BCUT2D eigenvalue weighted by Gasteiger charge is -2.21. The van der Waals surface area contributed by atoms with Gasteiger partial charge in [-0.3, -0.25) is 4.79 Å². The monoisotopic (exact) mass is 323 g/mol. The van der Waals surface area contributed by atoms with Crippen LogP contribution in [0.1, 0.15) is 60.9 Å². The minimum Gasteiger partial charge on any atom is -0.349 e. The molecular weight excluding hydrogens is 302 g/mol. The maximum atomic E-state index is 12.4. The number of nitrogens with one attached hydrogen (secondary N) is 1. The average Bonchev–Trinajstić information content (AvgIpc) is 2.35. The van der Waals surface area contributed by atoms with Crippen LogP contribution in [-0.4, -0.2) is 11.9 Å². The summed E-state index contributed by atoms with van der Waals surface area (Å²) in [6.07, 6.45) is 8.69. The maximum absolute atomic E-state index is 12.4. The van der Waals surface area contributed by atoms with E-state index in [0.29, 0.717) is 6.04 Å². The van der Waals surface area contributed by atoms with Crippen molar-refractivity contribution in [2.24, 2.45) is 0 Å². The van der Waals surface area contributed by atoms with Crippen molar-refractivity contribution in [3.05, 3.63) is 33.8 Å². The fraction of sp³-hybridized carbons (Fsp3) is 0.562. The van der Waals surface area contributed by atoms with Gasteiger partial charge in [0, 0.05) is 16.1 Å². The largest absolute Gasteiger partial charge is 0.349 e. The number of carbonyl (C=O) groups excluding carboxylic acids is 1. The molecule has 1 aromatic carbocycles. The lowest BCUT2D eigenvalue weighted by atomic mass is 9.96. The van der Waals surface area contributed by atoms with Crippen LogP contribution in [0.5, 0.6) is 0 Å². The Balaban J connectivity index is 2.01. The summed E-state index contributed by atoms with van der Waals surface area (Å²) in [7, 11) is 0. The van der Waals surface area contributed by atoms with Crippen LogP contribution in [0.3, 0.4) is 0 Å². The minimum atomic E-state index is 0.0735. The van der Waals surface area contributed by atoms with Gasteiger partial charge in [-0.2, -0.15) is 0 Å².